The Morgan fingerprint density at radius 2 is 2.35 bits per heavy atom. The molecule has 0 radical (unpaired) electrons. The number of nitrogens with one attached hydrogen (secondary N) is 2. The van der Waals surface area contributed by atoms with Crippen LogP contribution >= 0.6 is 11.3 Å². The summed E-state index contributed by atoms with van der Waals surface area (Å²) < 4.78 is 1.84. The summed E-state index contributed by atoms with van der Waals surface area (Å²) in [4.78, 5) is 15.8. The summed E-state index contributed by atoms with van der Waals surface area (Å²) in [6.07, 6.45) is 5.68. The van der Waals surface area contributed by atoms with Gasteiger partial charge in [-0.05, 0) is 29.9 Å². The minimum absolute atomic E-state index is 0.172. The lowest BCUT2D eigenvalue weighted by Gasteiger charge is -2.26. The monoisotopic (exact) mass is 333 g/mol. The quantitative estimate of drug-likeness (QED) is 0.854. The molecule has 0 fully saturated rings. The van der Waals surface area contributed by atoms with E-state index in [-0.39, 0.29) is 6.03 Å². The van der Waals surface area contributed by atoms with E-state index in [4.69, 9.17) is 0 Å². The number of aromatic nitrogens is 2. The summed E-state index contributed by atoms with van der Waals surface area (Å²) in [5.74, 6) is 0. The van der Waals surface area contributed by atoms with E-state index >= 15 is 0 Å². The lowest BCUT2D eigenvalue weighted by Crippen LogP contribution is -2.38. The van der Waals surface area contributed by atoms with Gasteiger partial charge < -0.3 is 10.6 Å². The predicted molar refractivity (Wildman–Crippen MR) is 92.8 cm³/mol. The van der Waals surface area contributed by atoms with Gasteiger partial charge in [0.1, 0.15) is 0 Å². The molecule has 2 N–H and O–H groups in total. The third-order valence-corrected chi connectivity index (χ3v) is 4.97. The van der Waals surface area contributed by atoms with Crippen LogP contribution in [0.1, 0.15) is 23.8 Å². The van der Waals surface area contributed by atoms with E-state index in [9.17, 15) is 4.79 Å². The Hall–Kier alpha value is -1.86. The number of nitrogens with zero attached hydrogens (tertiary/aromatic N) is 3. The van der Waals surface area contributed by atoms with E-state index in [1.54, 1.807) is 6.20 Å². The van der Waals surface area contributed by atoms with Gasteiger partial charge in [0.15, 0.2) is 0 Å². The molecule has 0 saturated carbocycles. The number of carbonyl (C=O) groups is 1. The van der Waals surface area contributed by atoms with E-state index in [1.807, 2.05) is 22.2 Å². The number of aryl methyl sites for hydroxylation is 1. The highest BCUT2D eigenvalue weighted by Crippen LogP contribution is 2.23. The van der Waals surface area contributed by atoms with E-state index in [1.165, 1.54) is 10.4 Å². The summed E-state index contributed by atoms with van der Waals surface area (Å²) >= 11 is 1.85. The van der Waals surface area contributed by atoms with Crippen molar-refractivity contribution < 1.29 is 4.79 Å². The lowest BCUT2D eigenvalue weighted by molar-refractivity contribution is 0.239. The Bertz CT molecular complexity index is 650. The molecule has 0 spiro atoms. The van der Waals surface area contributed by atoms with Gasteiger partial charge >= 0.3 is 6.03 Å². The molecular weight excluding hydrogens is 310 g/mol. The van der Waals surface area contributed by atoms with Gasteiger partial charge in [-0.25, -0.2) is 4.79 Å². The van der Waals surface area contributed by atoms with Gasteiger partial charge in [-0.2, -0.15) is 5.10 Å². The molecule has 6 nitrogen and oxygen atoms in total. The second kappa shape index (κ2) is 7.61. The molecule has 3 heterocycles. The fraction of sp³-hybridized carbons (Fsp3) is 0.500. The second-order valence-corrected chi connectivity index (χ2v) is 6.77. The zero-order valence-corrected chi connectivity index (χ0v) is 14.2. The van der Waals surface area contributed by atoms with Crippen molar-refractivity contribution in [1.82, 2.24) is 20.0 Å². The highest BCUT2D eigenvalue weighted by atomic mass is 32.1. The molecule has 23 heavy (non-hydrogen) atoms. The van der Waals surface area contributed by atoms with Gasteiger partial charge in [0.05, 0.1) is 11.9 Å². The first-order valence-corrected chi connectivity index (χ1v) is 8.97. The second-order valence-electron chi connectivity index (χ2n) is 5.77. The number of rotatable bonds is 6. The van der Waals surface area contributed by atoms with Gasteiger partial charge in [-0.1, -0.05) is 6.92 Å². The molecule has 3 rings (SSSR count). The topological polar surface area (TPSA) is 62.2 Å². The maximum absolute atomic E-state index is 11.9. The molecule has 0 bridgehead atoms. The number of thiophene rings is 1. The Morgan fingerprint density at radius 3 is 3.22 bits per heavy atom. The smallest absolute Gasteiger partial charge is 0.319 e. The van der Waals surface area contributed by atoms with Crippen LogP contribution in [0, 0.1) is 0 Å². The van der Waals surface area contributed by atoms with Crippen molar-refractivity contribution in [3.05, 3.63) is 34.3 Å². The highest BCUT2D eigenvalue weighted by Gasteiger charge is 2.16. The SMILES string of the molecule is CCCn1cc(NC(=O)NCCN2CCc3sccc3C2)cn1. The molecule has 0 aliphatic carbocycles. The van der Waals surface area contributed by atoms with Crippen LogP contribution in [0.5, 0.6) is 0 Å². The summed E-state index contributed by atoms with van der Waals surface area (Å²) in [5.41, 5.74) is 2.17. The Balaban J connectivity index is 1.38. The number of hydrogen-bond donors (Lipinski definition) is 2. The van der Waals surface area contributed by atoms with Crippen molar-refractivity contribution in [3.8, 4) is 0 Å². The minimum atomic E-state index is -0.172. The molecule has 124 valence electrons. The number of carbonyl (C=O) groups excluding carboxylic acids is 1. The Morgan fingerprint density at radius 1 is 1.43 bits per heavy atom. The van der Waals surface area contributed by atoms with E-state index in [0.29, 0.717) is 6.54 Å². The molecule has 1 aliphatic heterocycles. The molecular formula is C16H23N5OS. The zero-order valence-electron chi connectivity index (χ0n) is 13.4. The summed E-state index contributed by atoms with van der Waals surface area (Å²) in [6.45, 7) is 6.54. The van der Waals surface area contributed by atoms with Crippen molar-refractivity contribution in [2.24, 2.45) is 0 Å². The maximum Gasteiger partial charge on any atom is 0.319 e. The predicted octanol–water partition coefficient (Wildman–Crippen LogP) is 2.53. The Kier molecular flexibility index (Phi) is 5.30. The van der Waals surface area contributed by atoms with Gasteiger partial charge in [0, 0.05) is 43.8 Å². The van der Waals surface area contributed by atoms with Crippen LogP contribution < -0.4 is 10.6 Å². The van der Waals surface area contributed by atoms with Crippen LogP contribution in [0.15, 0.2) is 23.8 Å². The maximum atomic E-state index is 11.9. The van der Waals surface area contributed by atoms with Crippen LogP contribution in [-0.4, -0.2) is 40.3 Å². The fourth-order valence-electron chi connectivity index (χ4n) is 2.78. The first-order valence-electron chi connectivity index (χ1n) is 8.09. The molecule has 0 atom stereocenters. The normalized spacial score (nSPS) is 14.5. The number of hydrogen-bond acceptors (Lipinski definition) is 4. The Labute approximate surface area is 140 Å². The van der Waals surface area contributed by atoms with Crippen LogP contribution in [0.2, 0.25) is 0 Å². The van der Waals surface area contributed by atoms with Crippen molar-refractivity contribution >= 4 is 23.1 Å². The molecule has 0 unspecified atom stereocenters. The molecule has 2 aromatic rings. The zero-order chi connectivity index (χ0) is 16.1. The van der Waals surface area contributed by atoms with E-state index < -0.39 is 0 Å². The summed E-state index contributed by atoms with van der Waals surface area (Å²) in [7, 11) is 0. The lowest BCUT2D eigenvalue weighted by atomic mass is 10.1. The first kappa shape index (κ1) is 16.0. The van der Waals surface area contributed by atoms with Gasteiger partial charge in [-0.15, -0.1) is 11.3 Å². The third-order valence-electron chi connectivity index (χ3n) is 3.94. The van der Waals surface area contributed by atoms with Crippen molar-refractivity contribution in [2.45, 2.75) is 32.9 Å². The van der Waals surface area contributed by atoms with Crippen LogP contribution in [0.4, 0.5) is 10.5 Å². The number of fused-ring (bicyclic) bond motifs is 1. The molecule has 0 aromatic carbocycles. The summed E-state index contributed by atoms with van der Waals surface area (Å²) in [5, 5.41) is 12.1. The van der Waals surface area contributed by atoms with Crippen molar-refractivity contribution in [2.75, 3.05) is 25.0 Å². The fourth-order valence-corrected chi connectivity index (χ4v) is 3.67. The van der Waals surface area contributed by atoms with Crippen LogP contribution in [0.25, 0.3) is 0 Å². The minimum Gasteiger partial charge on any atom is -0.337 e. The van der Waals surface area contributed by atoms with Crippen molar-refractivity contribution in [1.29, 1.82) is 0 Å². The van der Waals surface area contributed by atoms with E-state index in [2.05, 4.69) is 39.0 Å². The van der Waals surface area contributed by atoms with E-state index in [0.717, 1.165) is 44.7 Å². The molecule has 1 aliphatic rings. The molecule has 2 amide bonds. The average molecular weight is 333 g/mol. The molecule has 2 aromatic heterocycles. The van der Waals surface area contributed by atoms with Gasteiger partial charge in [-0.3, -0.25) is 9.58 Å². The van der Waals surface area contributed by atoms with Crippen molar-refractivity contribution in [3.63, 3.8) is 0 Å². The standard InChI is InChI=1S/C16H23N5OS/c1-2-6-21-12-14(10-18-21)19-16(22)17-5-8-20-7-3-15-13(11-20)4-9-23-15/h4,9-10,12H,2-3,5-8,11H2,1H3,(H2,17,19,22). The van der Waals surface area contributed by atoms with Gasteiger partial charge in [0.2, 0.25) is 0 Å². The number of anilines is 1. The number of urea groups is 1. The summed E-state index contributed by atoms with van der Waals surface area (Å²) in [6, 6.07) is 2.04. The largest absolute Gasteiger partial charge is 0.337 e. The molecule has 0 saturated heterocycles. The third kappa shape index (κ3) is 4.33. The molecule has 7 heteroatoms. The average Bonchev–Trinajstić information content (AvgIpc) is 3.16. The number of amides is 2. The van der Waals surface area contributed by atoms with Gasteiger partial charge in [0.25, 0.3) is 0 Å². The first-order chi connectivity index (χ1) is 11.2. The highest BCUT2D eigenvalue weighted by molar-refractivity contribution is 7.10. The van der Waals surface area contributed by atoms with Crippen LogP contribution in [-0.2, 0) is 19.5 Å². The van der Waals surface area contributed by atoms with Crippen LogP contribution in [0.3, 0.4) is 0 Å².